The Hall–Kier alpha value is -4.92. The van der Waals surface area contributed by atoms with Crippen molar-refractivity contribution >= 4 is 22.6 Å². The summed E-state index contributed by atoms with van der Waals surface area (Å²) >= 11 is 0. The molecule has 1 atom stereocenters. The Balaban J connectivity index is 1.72. The van der Waals surface area contributed by atoms with Crippen LogP contribution >= 0.6 is 0 Å². The summed E-state index contributed by atoms with van der Waals surface area (Å²) in [5.41, 5.74) is 7.72. The Bertz CT molecular complexity index is 1590. The van der Waals surface area contributed by atoms with Crippen LogP contribution in [0.2, 0.25) is 0 Å². The summed E-state index contributed by atoms with van der Waals surface area (Å²) in [6.45, 7) is 4.45. The van der Waals surface area contributed by atoms with Crippen LogP contribution in [0.5, 0.6) is 11.5 Å². The van der Waals surface area contributed by atoms with Crippen molar-refractivity contribution in [1.82, 2.24) is 29.9 Å². The number of amides is 1. The van der Waals surface area contributed by atoms with Crippen LogP contribution in [-0.2, 0) is 4.79 Å². The zero-order chi connectivity index (χ0) is 27.0. The maximum absolute atomic E-state index is 15.0. The average Bonchev–Trinajstić information content (AvgIpc) is 3.69. The number of hydrogen-bond donors (Lipinski definition) is 2. The van der Waals surface area contributed by atoms with Gasteiger partial charge in [0.2, 0.25) is 5.91 Å². The fourth-order valence-corrected chi connectivity index (χ4v) is 4.53. The summed E-state index contributed by atoms with van der Waals surface area (Å²) in [7, 11) is 2.51. The number of rotatable bonds is 5. The van der Waals surface area contributed by atoms with Gasteiger partial charge in [-0.2, -0.15) is 10.2 Å². The summed E-state index contributed by atoms with van der Waals surface area (Å²) in [6.07, 6.45) is 5.13. The van der Waals surface area contributed by atoms with Gasteiger partial charge in [0.25, 0.3) is 0 Å². The molecule has 1 aliphatic heterocycles. The molecule has 3 aromatic heterocycles. The van der Waals surface area contributed by atoms with E-state index in [4.69, 9.17) is 20.3 Å². The molecule has 3 N–H and O–H groups in total. The number of carbonyl (C=O) groups is 1. The van der Waals surface area contributed by atoms with E-state index in [1.165, 1.54) is 20.3 Å². The smallest absolute Gasteiger partial charge is 0.246 e. The van der Waals surface area contributed by atoms with Crippen molar-refractivity contribution in [3.63, 3.8) is 0 Å². The molecular weight excluding hydrogens is 496 g/mol. The lowest BCUT2D eigenvalue weighted by atomic mass is 10.1. The predicted molar refractivity (Wildman–Crippen MR) is 135 cm³/mol. The fourth-order valence-electron chi connectivity index (χ4n) is 4.53. The van der Waals surface area contributed by atoms with Crippen LogP contribution in [0.4, 0.5) is 14.6 Å². The van der Waals surface area contributed by atoms with Crippen molar-refractivity contribution in [2.45, 2.75) is 12.5 Å². The largest absolute Gasteiger partial charge is 0.493 e. The first kappa shape index (κ1) is 24.8. The van der Waals surface area contributed by atoms with Crippen LogP contribution in [-0.4, -0.2) is 63.1 Å². The maximum Gasteiger partial charge on any atom is 0.246 e. The highest BCUT2D eigenvalue weighted by atomic mass is 19.1. The van der Waals surface area contributed by atoms with E-state index in [1.54, 1.807) is 28.0 Å². The first-order valence-electron chi connectivity index (χ1n) is 11.6. The van der Waals surface area contributed by atoms with Gasteiger partial charge in [0.1, 0.15) is 17.1 Å². The number of carbonyl (C=O) groups excluding carboxylic acids is 1. The second-order valence-electron chi connectivity index (χ2n) is 8.50. The van der Waals surface area contributed by atoms with Crippen molar-refractivity contribution in [2.24, 2.45) is 0 Å². The zero-order valence-electron chi connectivity index (χ0n) is 20.6. The van der Waals surface area contributed by atoms with Gasteiger partial charge in [-0.25, -0.2) is 13.8 Å². The topological polar surface area (TPSA) is 124 Å². The van der Waals surface area contributed by atoms with Gasteiger partial charge in [0, 0.05) is 37.1 Å². The SMILES string of the molecule is C=CC(=O)N1CC[C@H](n2nc(C#Cc3c(F)c(OC)cc(OC)c3F)c3c(N)ncc(-c4cc[nH]n4)c32)C1. The monoisotopic (exact) mass is 519 g/mol. The van der Waals surface area contributed by atoms with Crippen LogP contribution < -0.4 is 15.2 Å². The maximum atomic E-state index is 15.0. The Morgan fingerprint density at radius 1 is 1.26 bits per heavy atom. The van der Waals surface area contributed by atoms with E-state index in [-0.39, 0.29) is 35.0 Å². The molecule has 0 radical (unpaired) electrons. The third kappa shape index (κ3) is 4.07. The number of nitrogens with zero attached hydrogens (tertiary/aromatic N) is 5. The van der Waals surface area contributed by atoms with E-state index >= 15 is 0 Å². The van der Waals surface area contributed by atoms with E-state index in [9.17, 15) is 13.6 Å². The Morgan fingerprint density at radius 2 is 2.00 bits per heavy atom. The molecular formula is C26H23F2N7O3. The number of pyridine rings is 1. The van der Waals surface area contributed by atoms with Crippen molar-refractivity contribution in [1.29, 1.82) is 0 Å². The number of anilines is 1. The number of aromatic nitrogens is 5. The van der Waals surface area contributed by atoms with Crippen LogP contribution in [0, 0.1) is 23.5 Å². The molecule has 0 aliphatic carbocycles. The minimum absolute atomic E-state index is 0.135. The van der Waals surface area contributed by atoms with Crippen molar-refractivity contribution in [2.75, 3.05) is 33.0 Å². The molecule has 0 saturated carbocycles. The van der Waals surface area contributed by atoms with Crippen molar-refractivity contribution in [3.05, 3.63) is 60.1 Å². The van der Waals surface area contributed by atoms with Crippen LogP contribution in [0.3, 0.4) is 0 Å². The van der Waals surface area contributed by atoms with E-state index in [1.807, 2.05) is 0 Å². The first-order valence-corrected chi connectivity index (χ1v) is 11.6. The van der Waals surface area contributed by atoms with Gasteiger partial charge >= 0.3 is 0 Å². The molecule has 1 aliphatic rings. The number of hydrogen-bond acceptors (Lipinski definition) is 7. The standard InChI is InChI=1S/C26H23F2N7O3/c1-4-21(36)34-10-8-14(13-34)35-25-16(17-7-9-31-32-17)12-30-26(29)22(25)18(33-35)6-5-15-23(27)19(37-2)11-20(38-3)24(15)28/h4,7,9,11-12,14H,1,8,10,13H2,2-3H3,(H2,29,30)(H,31,32)/t14-/m0/s1. The number of methoxy groups -OCH3 is 2. The molecule has 1 fully saturated rings. The number of halogens is 2. The minimum atomic E-state index is -0.972. The highest BCUT2D eigenvalue weighted by Crippen LogP contribution is 2.36. The predicted octanol–water partition coefficient (Wildman–Crippen LogP) is 3.06. The summed E-state index contributed by atoms with van der Waals surface area (Å²) in [5.74, 6) is 2.88. The van der Waals surface area contributed by atoms with E-state index in [2.05, 4.69) is 33.6 Å². The Kier molecular flexibility index (Phi) is 6.42. The molecule has 0 bridgehead atoms. The zero-order valence-corrected chi connectivity index (χ0v) is 20.6. The molecule has 0 spiro atoms. The van der Waals surface area contributed by atoms with Gasteiger partial charge in [-0.3, -0.25) is 14.6 Å². The fraction of sp³-hybridized carbons (Fsp3) is 0.231. The number of nitrogens with one attached hydrogen (secondary N) is 1. The molecule has 4 heterocycles. The van der Waals surface area contributed by atoms with Gasteiger partial charge in [-0.05, 0) is 24.5 Å². The van der Waals surface area contributed by atoms with Gasteiger partial charge < -0.3 is 20.1 Å². The number of H-pyrrole nitrogens is 1. The second-order valence-corrected chi connectivity index (χ2v) is 8.50. The molecule has 1 aromatic carbocycles. The summed E-state index contributed by atoms with van der Waals surface area (Å²) in [6, 6.07) is 2.65. The van der Waals surface area contributed by atoms with E-state index < -0.39 is 17.2 Å². The van der Waals surface area contributed by atoms with Crippen molar-refractivity contribution < 1.29 is 23.0 Å². The molecule has 0 unspecified atom stereocenters. The summed E-state index contributed by atoms with van der Waals surface area (Å²) < 4.78 is 41.7. The number of aromatic amines is 1. The summed E-state index contributed by atoms with van der Waals surface area (Å²) in [4.78, 5) is 18.2. The Morgan fingerprint density at radius 3 is 2.63 bits per heavy atom. The van der Waals surface area contributed by atoms with Crippen LogP contribution in [0.1, 0.15) is 23.7 Å². The molecule has 194 valence electrons. The molecule has 4 aromatic rings. The first-order chi connectivity index (χ1) is 18.4. The van der Waals surface area contributed by atoms with Crippen LogP contribution in [0.25, 0.3) is 22.2 Å². The quantitative estimate of drug-likeness (QED) is 0.307. The highest BCUT2D eigenvalue weighted by molar-refractivity contribution is 6.01. The van der Waals surface area contributed by atoms with Gasteiger partial charge in [0.05, 0.1) is 36.9 Å². The number of ether oxygens (including phenoxy) is 2. The lowest BCUT2D eigenvalue weighted by Crippen LogP contribution is -2.27. The third-order valence-electron chi connectivity index (χ3n) is 6.41. The van der Waals surface area contributed by atoms with E-state index in [0.29, 0.717) is 41.7 Å². The molecule has 12 heteroatoms. The lowest BCUT2D eigenvalue weighted by Gasteiger charge is -2.16. The average molecular weight is 520 g/mol. The normalized spacial score (nSPS) is 14.8. The Labute approximate surface area is 216 Å². The molecule has 10 nitrogen and oxygen atoms in total. The molecule has 5 rings (SSSR count). The number of nitrogens with two attached hydrogens (primary N) is 1. The number of benzene rings is 1. The molecule has 38 heavy (non-hydrogen) atoms. The molecule has 1 saturated heterocycles. The third-order valence-corrected chi connectivity index (χ3v) is 6.41. The minimum Gasteiger partial charge on any atom is -0.493 e. The highest BCUT2D eigenvalue weighted by Gasteiger charge is 2.30. The van der Waals surface area contributed by atoms with Crippen LogP contribution in [0.15, 0.2) is 37.2 Å². The second kappa shape index (κ2) is 9.85. The van der Waals surface area contributed by atoms with Gasteiger partial charge in [-0.15, -0.1) is 0 Å². The lowest BCUT2D eigenvalue weighted by molar-refractivity contribution is -0.125. The number of likely N-dealkylation sites (tertiary alicyclic amines) is 1. The van der Waals surface area contributed by atoms with Crippen molar-refractivity contribution in [3.8, 4) is 34.6 Å². The number of nitrogen functional groups attached to an aromatic ring is 1. The molecule has 1 amide bonds. The number of fused-ring (bicyclic) bond motifs is 1. The van der Waals surface area contributed by atoms with E-state index in [0.717, 1.165) is 6.07 Å². The van der Waals surface area contributed by atoms with Gasteiger partial charge in [0.15, 0.2) is 23.1 Å². The van der Waals surface area contributed by atoms with Gasteiger partial charge in [-0.1, -0.05) is 12.5 Å². The summed E-state index contributed by atoms with van der Waals surface area (Å²) in [5, 5.41) is 12.1.